The maximum Gasteiger partial charge on any atom is 0.305 e. The van der Waals surface area contributed by atoms with Crippen molar-refractivity contribution in [3.8, 4) is 0 Å². The number of nitrogens with one attached hydrogen (secondary N) is 1. The van der Waals surface area contributed by atoms with Gasteiger partial charge in [-0.15, -0.1) is 0 Å². The Morgan fingerprint density at radius 3 is 2.61 bits per heavy atom. The molecule has 1 aromatic rings. The van der Waals surface area contributed by atoms with Gasteiger partial charge >= 0.3 is 5.97 Å². The number of carboxylic acids is 1. The van der Waals surface area contributed by atoms with Gasteiger partial charge in [-0.3, -0.25) is 14.4 Å². The van der Waals surface area contributed by atoms with Crippen molar-refractivity contribution in [2.75, 3.05) is 13.6 Å². The van der Waals surface area contributed by atoms with E-state index in [-0.39, 0.29) is 24.7 Å². The average molecular weight is 383 g/mol. The molecule has 0 bridgehead atoms. The van der Waals surface area contributed by atoms with Gasteiger partial charge in [-0.25, -0.2) is 0 Å². The number of rotatable bonds is 5. The molecular formula is C16H19BrN2O4. The maximum atomic E-state index is 12.4. The third-order valence-corrected chi connectivity index (χ3v) is 4.53. The summed E-state index contributed by atoms with van der Waals surface area (Å²) in [5.74, 6) is -1.71. The molecule has 1 aliphatic rings. The van der Waals surface area contributed by atoms with E-state index >= 15 is 0 Å². The maximum absolute atomic E-state index is 12.4. The molecule has 2 amide bonds. The van der Waals surface area contributed by atoms with E-state index in [1.807, 2.05) is 0 Å². The molecule has 1 heterocycles. The van der Waals surface area contributed by atoms with Gasteiger partial charge in [0, 0.05) is 30.4 Å². The molecule has 7 heteroatoms. The smallest absolute Gasteiger partial charge is 0.305 e. The summed E-state index contributed by atoms with van der Waals surface area (Å²) in [6.07, 6.45) is 0.560. The standard InChI is InChI=1S/C16H19BrN2O4/c1-19-7-6-11(8-14(19)20)16(23)18-13(9-15(21)22)10-2-4-12(17)5-3-10/h2-5,11,13H,6-9H2,1H3,(H,18,23)(H,21,22)/t11-,13+/m0/s1. The Hall–Kier alpha value is -1.89. The summed E-state index contributed by atoms with van der Waals surface area (Å²) in [6.45, 7) is 0.540. The number of piperidine rings is 1. The van der Waals surface area contributed by atoms with Gasteiger partial charge in [0.2, 0.25) is 11.8 Å². The number of benzene rings is 1. The highest BCUT2D eigenvalue weighted by molar-refractivity contribution is 9.10. The van der Waals surface area contributed by atoms with Crippen molar-refractivity contribution >= 4 is 33.7 Å². The van der Waals surface area contributed by atoms with E-state index in [4.69, 9.17) is 5.11 Å². The molecule has 23 heavy (non-hydrogen) atoms. The van der Waals surface area contributed by atoms with Crippen LogP contribution in [-0.4, -0.2) is 41.4 Å². The minimum atomic E-state index is -0.988. The molecular weight excluding hydrogens is 364 g/mol. The van der Waals surface area contributed by atoms with Gasteiger partial charge in [-0.2, -0.15) is 0 Å². The first-order chi connectivity index (χ1) is 10.9. The van der Waals surface area contributed by atoms with E-state index in [2.05, 4.69) is 21.2 Å². The summed E-state index contributed by atoms with van der Waals surface area (Å²) in [7, 11) is 1.71. The van der Waals surface area contributed by atoms with Crippen LogP contribution in [0, 0.1) is 5.92 Å². The van der Waals surface area contributed by atoms with Crippen LogP contribution in [0.2, 0.25) is 0 Å². The number of carboxylic acid groups (broad SMARTS) is 1. The first-order valence-electron chi connectivity index (χ1n) is 7.38. The van der Waals surface area contributed by atoms with E-state index in [0.29, 0.717) is 13.0 Å². The molecule has 2 N–H and O–H groups in total. The van der Waals surface area contributed by atoms with Crippen LogP contribution in [0.25, 0.3) is 0 Å². The summed E-state index contributed by atoms with van der Waals surface area (Å²) >= 11 is 3.33. The summed E-state index contributed by atoms with van der Waals surface area (Å²) in [4.78, 5) is 36.8. The normalized spacial score (nSPS) is 19.3. The van der Waals surface area contributed by atoms with Crippen molar-refractivity contribution in [2.24, 2.45) is 5.92 Å². The van der Waals surface area contributed by atoms with Gasteiger partial charge in [-0.05, 0) is 24.1 Å². The Balaban J connectivity index is 2.08. The molecule has 124 valence electrons. The lowest BCUT2D eigenvalue weighted by molar-refractivity contribution is -0.140. The molecule has 0 spiro atoms. The first kappa shape index (κ1) is 17.5. The van der Waals surface area contributed by atoms with E-state index in [9.17, 15) is 14.4 Å². The van der Waals surface area contributed by atoms with Crippen LogP contribution in [0.5, 0.6) is 0 Å². The zero-order valence-corrected chi connectivity index (χ0v) is 14.4. The molecule has 1 aliphatic heterocycles. The van der Waals surface area contributed by atoms with Crippen molar-refractivity contribution in [1.29, 1.82) is 0 Å². The molecule has 1 fully saturated rings. The highest BCUT2D eigenvalue weighted by Crippen LogP contribution is 2.23. The van der Waals surface area contributed by atoms with Gasteiger partial charge < -0.3 is 15.3 Å². The fourth-order valence-corrected chi connectivity index (χ4v) is 2.84. The van der Waals surface area contributed by atoms with Gasteiger partial charge in [0.05, 0.1) is 12.5 Å². The van der Waals surface area contributed by atoms with Crippen LogP contribution in [0.3, 0.4) is 0 Å². The number of nitrogens with zero attached hydrogens (tertiary/aromatic N) is 1. The number of aliphatic carboxylic acids is 1. The topological polar surface area (TPSA) is 86.7 Å². The fourth-order valence-electron chi connectivity index (χ4n) is 2.58. The summed E-state index contributed by atoms with van der Waals surface area (Å²) in [6, 6.07) is 6.54. The molecule has 0 aliphatic carbocycles. The second-order valence-electron chi connectivity index (χ2n) is 5.72. The Kier molecular flexibility index (Phi) is 5.76. The molecule has 2 rings (SSSR count). The molecule has 0 saturated carbocycles. The first-order valence-corrected chi connectivity index (χ1v) is 8.17. The van der Waals surface area contributed by atoms with Gasteiger partial charge in [0.25, 0.3) is 0 Å². The second-order valence-corrected chi connectivity index (χ2v) is 6.63. The van der Waals surface area contributed by atoms with Crippen LogP contribution in [0.1, 0.15) is 30.9 Å². The predicted molar refractivity (Wildman–Crippen MR) is 87.6 cm³/mol. The van der Waals surface area contributed by atoms with Crippen molar-refractivity contribution in [3.05, 3.63) is 34.3 Å². The Bertz CT molecular complexity index is 603. The van der Waals surface area contributed by atoms with E-state index < -0.39 is 17.9 Å². The third kappa shape index (κ3) is 4.79. The van der Waals surface area contributed by atoms with Crippen molar-refractivity contribution in [3.63, 3.8) is 0 Å². The summed E-state index contributed by atoms with van der Waals surface area (Å²) < 4.78 is 0.877. The molecule has 0 radical (unpaired) electrons. The van der Waals surface area contributed by atoms with Crippen LogP contribution in [0.4, 0.5) is 0 Å². The largest absolute Gasteiger partial charge is 0.481 e. The number of amides is 2. The van der Waals surface area contributed by atoms with Gasteiger partial charge in [0.15, 0.2) is 0 Å². The molecule has 6 nitrogen and oxygen atoms in total. The molecule has 1 aromatic carbocycles. The van der Waals surface area contributed by atoms with Crippen molar-refractivity contribution in [2.45, 2.75) is 25.3 Å². The van der Waals surface area contributed by atoms with Crippen LogP contribution in [0.15, 0.2) is 28.7 Å². The lowest BCUT2D eigenvalue weighted by Gasteiger charge is -2.29. The van der Waals surface area contributed by atoms with E-state index in [1.165, 1.54) is 0 Å². The highest BCUT2D eigenvalue weighted by atomic mass is 79.9. The van der Waals surface area contributed by atoms with Crippen molar-refractivity contribution in [1.82, 2.24) is 10.2 Å². The zero-order valence-electron chi connectivity index (χ0n) is 12.8. The van der Waals surface area contributed by atoms with Crippen LogP contribution >= 0.6 is 15.9 Å². The Morgan fingerprint density at radius 1 is 1.39 bits per heavy atom. The third-order valence-electron chi connectivity index (χ3n) is 4.00. The van der Waals surface area contributed by atoms with Gasteiger partial charge in [-0.1, -0.05) is 28.1 Å². The lowest BCUT2D eigenvalue weighted by Crippen LogP contribution is -2.43. The number of halogens is 1. The number of hydrogen-bond donors (Lipinski definition) is 2. The van der Waals surface area contributed by atoms with Crippen LogP contribution in [-0.2, 0) is 14.4 Å². The SMILES string of the molecule is CN1CC[C@H](C(=O)N[C@H](CC(=O)O)c2ccc(Br)cc2)CC1=O. The van der Waals surface area contributed by atoms with Crippen LogP contribution < -0.4 is 5.32 Å². The Labute approximate surface area is 143 Å². The minimum Gasteiger partial charge on any atom is -0.481 e. The second kappa shape index (κ2) is 7.59. The predicted octanol–water partition coefficient (Wildman–Crippen LogP) is 1.95. The monoisotopic (exact) mass is 382 g/mol. The molecule has 0 unspecified atom stereocenters. The minimum absolute atomic E-state index is 0.0603. The van der Waals surface area contributed by atoms with Crippen molar-refractivity contribution < 1.29 is 19.5 Å². The average Bonchev–Trinajstić information content (AvgIpc) is 2.49. The number of likely N-dealkylation sites (tertiary alicyclic amines) is 1. The number of carbonyl (C=O) groups is 3. The quantitative estimate of drug-likeness (QED) is 0.814. The van der Waals surface area contributed by atoms with E-state index in [0.717, 1.165) is 10.0 Å². The lowest BCUT2D eigenvalue weighted by atomic mass is 9.94. The molecule has 2 atom stereocenters. The van der Waals surface area contributed by atoms with E-state index in [1.54, 1.807) is 36.2 Å². The summed E-state index contributed by atoms with van der Waals surface area (Å²) in [5.41, 5.74) is 0.725. The molecule has 1 saturated heterocycles. The zero-order chi connectivity index (χ0) is 17.0. The Morgan fingerprint density at radius 2 is 2.04 bits per heavy atom. The number of hydrogen-bond acceptors (Lipinski definition) is 3. The highest BCUT2D eigenvalue weighted by Gasteiger charge is 2.30. The van der Waals surface area contributed by atoms with Gasteiger partial charge in [0.1, 0.15) is 0 Å². The number of carbonyl (C=O) groups excluding carboxylic acids is 2. The fraction of sp³-hybridized carbons (Fsp3) is 0.438. The summed E-state index contributed by atoms with van der Waals surface area (Å²) in [5, 5.41) is 11.9. The molecule has 0 aromatic heterocycles.